The van der Waals surface area contributed by atoms with E-state index in [2.05, 4.69) is 21.2 Å². The molecular formula is C18H21BrN2O6. The zero-order valence-corrected chi connectivity index (χ0v) is 16.5. The van der Waals surface area contributed by atoms with Crippen LogP contribution < -0.4 is 5.32 Å². The average molecular weight is 441 g/mol. The summed E-state index contributed by atoms with van der Waals surface area (Å²) in [5, 5.41) is 2.44. The average Bonchev–Trinajstić information content (AvgIpc) is 2.70. The lowest BCUT2D eigenvalue weighted by Crippen LogP contribution is -2.42. The van der Waals surface area contributed by atoms with E-state index < -0.39 is 18.5 Å². The van der Waals surface area contributed by atoms with E-state index in [9.17, 15) is 19.2 Å². The molecule has 1 aliphatic rings. The number of carbonyl (C=O) groups is 4. The van der Waals surface area contributed by atoms with Crippen LogP contribution in [0.2, 0.25) is 0 Å². The first-order chi connectivity index (χ1) is 12.9. The van der Waals surface area contributed by atoms with E-state index in [-0.39, 0.29) is 24.3 Å². The van der Waals surface area contributed by atoms with Crippen LogP contribution in [-0.2, 0) is 23.9 Å². The number of carbonyl (C=O) groups excluding carboxylic acids is 4. The number of esters is 2. The summed E-state index contributed by atoms with van der Waals surface area (Å²) in [4.78, 5) is 48.7. The second-order valence-corrected chi connectivity index (χ2v) is 6.94. The first kappa shape index (κ1) is 20.9. The number of halogens is 1. The SMILES string of the molecule is COC(=O)C1CCN(C(=O)COC(=O)CNC(=O)c2ccc(Br)cc2)CC1. The van der Waals surface area contributed by atoms with E-state index in [4.69, 9.17) is 9.47 Å². The number of hydrogen-bond acceptors (Lipinski definition) is 6. The van der Waals surface area contributed by atoms with Crippen LogP contribution in [0.4, 0.5) is 0 Å². The van der Waals surface area contributed by atoms with Gasteiger partial charge in [0.1, 0.15) is 6.54 Å². The van der Waals surface area contributed by atoms with Gasteiger partial charge in [0.25, 0.3) is 11.8 Å². The molecule has 1 aliphatic heterocycles. The number of benzene rings is 1. The lowest BCUT2D eigenvalue weighted by Gasteiger charge is -2.30. The highest BCUT2D eigenvalue weighted by Crippen LogP contribution is 2.18. The highest BCUT2D eigenvalue weighted by Gasteiger charge is 2.28. The molecule has 0 saturated carbocycles. The summed E-state index contributed by atoms with van der Waals surface area (Å²) >= 11 is 3.27. The Morgan fingerprint density at radius 3 is 2.37 bits per heavy atom. The Kier molecular flexibility index (Phi) is 7.78. The molecule has 8 nitrogen and oxygen atoms in total. The van der Waals surface area contributed by atoms with Crippen molar-refractivity contribution in [2.24, 2.45) is 5.92 Å². The third-order valence-electron chi connectivity index (χ3n) is 4.24. The van der Waals surface area contributed by atoms with Crippen molar-refractivity contribution < 1.29 is 28.7 Å². The molecule has 0 aromatic heterocycles. The van der Waals surface area contributed by atoms with E-state index in [0.717, 1.165) is 4.47 Å². The highest BCUT2D eigenvalue weighted by molar-refractivity contribution is 9.10. The Morgan fingerprint density at radius 2 is 1.78 bits per heavy atom. The molecule has 1 aromatic carbocycles. The van der Waals surface area contributed by atoms with Crippen LogP contribution in [0.25, 0.3) is 0 Å². The Bertz CT molecular complexity index is 698. The summed E-state index contributed by atoms with van der Waals surface area (Å²) < 4.78 is 10.5. The van der Waals surface area contributed by atoms with Gasteiger partial charge in [0.15, 0.2) is 6.61 Å². The normalized spacial score (nSPS) is 14.4. The lowest BCUT2D eigenvalue weighted by molar-refractivity contribution is -0.153. The van der Waals surface area contributed by atoms with Crippen molar-refractivity contribution in [1.29, 1.82) is 0 Å². The lowest BCUT2D eigenvalue weighted by atomic mass is 9.97. The fourth-order valence-corrected chi connectivity index (χ4v) is 2.94. The van der Waals surface area contributed by atoms with Crippen molar-refractivity contribution in [3.05, 3.63) is 34.3 Å². The van der Waals surface area contributed by atoms with Gasteiger partial charge in [0.2, 0.25) is 0 Å². The summed E-state index contributed by atoms with van der Waals surface area (Å²) in [6.45, 7) is 0.107. The molecule has 1 fully saturated rings. The topological polar surface area (TPSA) is 102 Å². The molecule has 146 valence electrons. The van der Waals surface area contributed by atoms with Crippen LogP contribution in [0.1, 0.15) is 23.2 Å². The second kappa shape index (κ2) is 10.1. The third kappa shape index (κ3) is 6.35. The Morgan fingerprint density at radius 1 is 1.15 bits per heavy atom. The Balaban J connectivity index is 1.68. The molecule has 1 saturated heterocycles. The Labute approximate surface area is 165 Å². The van der Waals surface area contributed by atoms with Crippen molar-refractivity contribution in [2.45, 2.75) is 12.8 Å². The van der Waals surface area contributed by atoms with Gasteiger partial charge in [-0.15, -0.1) is 0 Å². The number of likely N-dealkylation sites (tertiary alicyclic amines) is 1. The molecule has 0 bridgehead atoms. The fourth-order valence-electron chi connectivity index (χ4n) is 2.67. The zero-order valence-electron chi connectivity index (χ0n) is 14.9. The van der Waals surface area contributed by atoms with E-state index in [1.165, 1.54) is 7.11 Å². The molecule has 27 heavy (non-hydrogen) atoms. The molecule has 9 heteroatoms. The summed E-state index contributed by atoms with van der Waals surface area (Å²) in [6.07, 6.45) is 1.05. The molecule has 1 N–H and O–H groups in total. The standard InChI is InChI=1S/C18H21BrN2O6/c1-26-18(25)13-6-8-21(9-7-13)15(22)11-27-16(23)10-20-17(24)12-2-4-14(19)5-3-12/h2-5,13H,6-11H2,1H3,(H,20,24). The van der Waals surface area contributed by atoms with Crippen molar-refractivity contribution in [3.63, 3.8) is 0 Å². The van der Waals surface area contributed by atoms with Gasteiger partial charge in [-0.05, 0) is 37.1 Å². The van der Waals surface area contributed by atoms with Gasteiger partial charge in [-0.1, -0.05) is 15.9 Å². The summed E-state index contributed by atoms with van der Waals surface area (Å²) in [7, 11) is 1.34. The van der Waals surface area contributed by atoms with E-state index in [1.54, 1.807) is 29.2 Å². The van der Waals surface area contributed by atoms with Gasteiger partial charge >= 0.3 is 11.9 Å². The number of piperidine rings is 1. The first-order valence-electron chi connectivity index (χ1n) is 8.45. The highest BCUT2D eigenvalue weighted by atomic mass is 79.9. The number of nitrogens with zero attached hydrogens (tertiary/aromatic N) is 1. The minimum Gasteiger partial charge on any atom is -0.469 e. The van der Waals surface area contributed by atoms with Gasteiger partial charge in [-0.25, -0.2) is 0 Å². The maximum Gasteiger partial charge on any atom is 0.325 e. The number of nitrogens with one attached hydrogen (secondary N) is 1. The minimum absolute atomic E-state index is 0.199. The van der Waals surface area contributed by atoms with E-state index in [0.29, 0.717) is 31.5 Å². The van der Waals surface area contributed by atoms with Crippen LogP contribution in [0.3, 0.4) is 0 Å². The fraction of sp³-hybridized carbons (Fsp3) is 0.444. The van der Waals surface area contributed by atoms with Crippen LogP contribution in [0, 0.1) is 5.92 Å². The molecular weight excluding hydrogens is 420 g/mol. The van der Waals surface area contributed by atoms with Crippen LogP contribution >= 0.6 is 15.9 Å². The van der Waals surface area contributed by atoms with Gasteiger partial charge in [0.05, 0.1) is 13.0 Å². The number of ether oxygens (including phenoxy) is 2. The van der Waals surface area contributed by atoms with Gasteiger partial charge < -0.3 is 19.7 Å². The number of rotatable bonds is 6. The van der Waals surface area contributed by atoms with Crippen LogP contribution in [-0.4, -0.2) is 62.0 Å². The van der Waals surface area contributed by atoms with Crippen LogP contribution in [0.5, 0.6) is 0 Å². The first-order valence-corrected chi connectivity index (χ1v) is 9.25. The van der Waals surface area contributed by atoms with Gasteiger partial charge in [-0.2, -0.15) is 0 Å². The van der Waals surface area contributed by atoms with Crippen molar-refractivity contribution in [2.75, 3.05) is 33.4 Å². The molecule has 0 unspecified atom stereocenters. The molecule has 0 radical (unpaired) electrons. The molecule has 0 aliphatic carbocycles. The van der Waals surface area contributed by atoms with Crippen molar-refractivity contribution >= 4 is 39.7 Å². The minimum atomic E-state index is -0.696. The summed E-state index contributed by atoms with van der Waals surface area (Å²) in [5.41, 5.74) is 0.413. The number of amides is 2. The number of methoxy groups -OCH3 is 1. The smallest absolute Gasteiger partial charge is 0.325 e. The quantitative estimate of drug-likeness (QED) is 0.665. The van der Waals surface area contributed by atoms with Gasteiger partial charge in [0, 0.05) is 23.1 Å². The molecule has 1 heterocycles. The zero-order chi connectivity index (χ0) is 19.8. The summed E-state index contributed by atoms with van der Waals surface area (Å²) in [5.74, 6) is -1.90. The largest absolute Gasteiger partial charge is 0.469 e. The molecule has 2 amide bonds. The monoisotopic (exact) mass is 440 g/mol. The molecule has 0 spiro atoms. The molecule has 1 aromatic rings. The third-order valence-corrected chi connectivity index (χ3v) is 4.77. The number of hydrogen-bond donors (Lipinski definition) is 1. The van der Waals surface area contributed by atoms with E-state index in [1.807, 2.05) is 0 Å². The van der Waals surface area contributed by atoms with Crippen molar-refractivity contribution in [1.82, 2.24) is 10.2 Å². The van der Waals surface area contributed by atoms with Gasteiger partial charge in [-0.3, -0.25) is 19.2 Å². The van der Waals surface area contributed by atoms with E-state index >= 15 is 0 Å². The maximum atomic E-state index is 12.1. The predicted molar refractivity (Wildman–Crippen MR) is 98.8 cm³/mol. The van der Waals surface area contributed by atoms with Crippen LogP contribution in [0.15, 0.2) is 28.7 Å². The molecule has 0 atom stereocenters. The van der Waals surface area contributed by atoms with Crippen molar-refractivity contribution in [3.8, 4) is 0 Å². The summed E-state index contributed by atoms with van der Waals surface area (Å²) in [6, 6.07) is 6.67. The maximum absolute atomic E-state index is 12.1. The molecule has 2 rings (SSSR count). The second-order valence-electron chi connectivity index (χ2n) is 6.03. The predicted octanol–water partition coefficient (Wildman–Crippen LogP) is 1.13. The Hall–Kier alpha value is -2.42.